The van der Waals surface area contributed by atoms with Gasteiger partial charge in [0.1, 0.15) is 0 Å². The van der Waals surface area contributed by atoms with Gasteiger partial charge in [0.2, 0.25) is 0 Å². The van der Waals surface area contributed by atoms with Crippen LogP contribution in [0.3, 0.4) is 0 Å². The van der Waals surface area contributed by atoms with E-state index >= 15 is 0 Å². The van der Waals surface area contributed by atoms with Crippen molar-refractivity contribution in [2.24, 2.45) is 0 Å². The van der Waals surface area contributed by atoms with Crippen LogP contribution in [-0.4, -0.2) is 32.9 Å². The maximum atomic E-state index is 10.8. The van der Waals surface area contributed by atoms with Gasteiger partial charge in [-0.05, 0) is 0 Å². The number of rotatable bonds is 1. The van der Waals surface area contributed by atoms with Crippen molar-refractivity contribution in [3.63, 3.8) is 0 Å². The zero-order valence-electron chi connectivity index (χ0n) is 6.52. The van der Waals surface area contributed by atoms with Crippen molar-refractivity contribution in [3.8, 4) is 0 Å². The molecule has 0 radical (unpaired) electrons. The Balaban J connectivity index is 2.29. The molecule has 2 rings (SSSR count). The first-order valence-electron chi connectivity index (χ1n) is 3.45. The zero-order chi connectivity index (χ0) is 8.68. The van der Waals surface area contributed by atoms with Gasteiger partial charge < -0.3 is 0 Å². The Morgan fingerprint density at radius 2 is 2.00 bits per heavy atom. The third-order valence-electron chi connectivity index (χ3n) is 1.63. The van der Waals surface area contributed by atoms with E-state index in [0.29, 0.717) is 13.2 Å². The fourth-order valence-corrected chi connectivity index (χ4v) is 3.33. The molecule has 0 aromatic rings. The van der Waals surface area contributed by atoms with Gasteiger partial charge in [0.25, 0.3) is 0 Å². The molecule has 2 fully saturated rings. The van der Waals surface area contributed by atoms with E-state index in [-0.39, 0.29) is 6.61 Å². The first-order valence-corrected chi connectivity index (χ1v) is 5.27. The molecule has 2 saturated heterocycles. The fourth-order valence-electron chi connectivity index (χ4n) is 1.11. The predicted molar refractivity (Wildman–Crippen MR) is 37.9 cm³/mol. The van der Waals surface area contributed by atoms with Crippen LogP contribution < -0.4 is 0 Å². The Hall–Kier alpha value is -0.260. The quantitative estimate of drug-likeness (QED) is 0.565. The molecule has 0 aliphatic carbocycles. The molecule has 6 nitrogen and oxygen atoms in total. The van der Waals surface area contributed by atoms with Gasteiger partial charge in [-0.2, -0.15) is 0 Å². The first-order chi connectivity index (χ1) is 5.68. The summed E-state index contributed by atoms with van der Waals surface area (Å²) in [6.07, 6.45) is 0. The van der Waals surface area contributed by atoms with Gasteiger partial charge in [-0.1, -0.05) is 0 Å². The third kappa shape index (κ3) is 0.967. The molecule has 0 unspecified atom stereocenters. The molecule has 0 aromatic heterocycles. The van der Waals surface area contributed by atoms with Crippen LogP contribution in [0.5, 0.6) is 0 Å². The summed E-state index contributed by atoms with van der Waals surface area (Å²) in [5.41, 5.74) is 0. The molecule has 70 valence electrons. The van der Waals surface area contributed by atoms with Gasteiger partial charge >= 0.3 is 68.1 Å². The Kier molecular flexibility index (Phi) is 1.65. The average molecular weight is 196 g/mol. The predicted octanol–water partition coefficient (Wildman–Crippen LogP) is 0.381. The van der Waals surface area contributed by atoms with E-state index in [1.54, 1.807) is 0 Å². The molecule has 0 amide bonds. The van der Waals surface area contributed by atoms with Crippen molar-refractivity contribution < 1.29 is 27.4 Å². The van der Waals surface area contributed by atoms with Crippen molar-refractivity contribution in [1.29, 1.82) is 0 Å². The molecule has 0 aromatic carbocycles. The van der Waals surface area contributed by atoms with Crippen molar-refractivity contribution in [2.75, 3.05) is 26.9 Å². The SMILES string of the molecule is COP12(OCCO1)OCC(=O)O2. The third-order valence-corrected chi connectivity index (χ3v) is 4.49. The Morgan fingerprint density at radius 1 is 1.33 bits per heavy atom. The van der Waals surface area contributed by atoms with Crippen LogP contribution in [-0.2, 0) is 27.4 Å². The Bertz CT molecular complexity index is 222. The van der Waals surface area contributed by atoms with Gasteiger partial charge in [0, 0.05) is 0 Å². The van der Waals surface area contributed by atoms with E-state index in [1.165, 1.54) is 7.11 Å². The maximum absolute atomic E-state index is 10.8. The van der Waals surface area contributed by atoms with Gasteiger partial charge in [0.05, 0.1) is 0 Å². The van der Waals surface area contributed by atoms with E-state index in [2.05, 4.69) is 0 Å². The minimum atomic E-state index is -3.87. The summed E-state index contributed by atoms with van der Waals surface area (Å²) in [7, 11) is -2.54. The van der Waals surface area contributed by atoms with Crippen LogP contribution in [0.1, 0.15) is 0 Å². The van der Waals surface area contributed by atoms with E-state index in [1.807, 2.05) is 0 Å². The topological polar surface area (TPSA) is 63.2 Å². The molecule has 2 aliphatic heterocycles. The van der Waals surface area contributed by atoms with Crippen LogP contribution in [0.4, 0.5) is 0 Å². The second-order valence-corrected chi connectivity index (χ2v) is 5.14. The molecule has 0 bridgehead atoms. The molecule has 2 aliphatic rings. The fraction of sp³-hybridized carbons (Fsp3) is 0.800. The van der Waals surface area contributed by atoms with Crippen molar-refractivity contribution in [1.82, 2.24) is 0 Å². The van der Waals surface area contributed by atoms with Crippen molar-refractivity contribution in [3.05, 3.63) is 0 Å². The van der Waals surface area contributed by atoms with Gasteiger partial charge in [0.15, 0.2) is 0 Å². The van der Waals surface area contributed by atoms with E-state index in [9.17, 15) is 4.79 Å². The molecular weight excluding hydrogens is 187 g/mol. The summed E-state index contributed by atoms with van der Waals surface area (Å²) in [5.74, 6) is -0.517. The molecule has 12 heavy (non-hydrogen) atoms. The molecule has 1 spiro atoms. The van der Waals surface area contributed by atoms with Crippen LogP contribution in [0, 0.1) is 0 Å². The van der Waals surface area contributed by atoms with Gasteiger partial charge in [-0.25, -0.2) is 0 Å². The molecule has 0 atom stereocenters. The van der Waals surface area contributed by atoms with E-state index in [0.717, 1.165) is 0 Å². The second kappa shape index (κ2) is 2.37. The molecule has 0 saturated carbocycles. The van der Waals surface area contributed by atoms with Crippen LogP contribution >= 0.6 is 7.74 Å². The number of carbonyl (C=O) groups excluding carboxylic acids is 1. The number of carbonyl (C=O) groups is 1. The first kappa shape index (κ1) is 8.34. The van der Waals surface area contributed by atoms with E-state index < -0.39 is 13.7 Å². The van der Waals surface area contributed by atoms with Gasteiger partial charge in [-0.15, -0.1) is 0 Å². The summed E-state index contributed by atoms with van der Waals surface area (Å²) in [4.78, 5) is 10.8. The van der Waals surface area contributed by atoms with Crippen molar-refractivity contribution in [2.45, 2.75) is 0 Å². The summed E-state index contributed by atoms with van der Waals surface area (Å²) in [6.45, 7) is 0.462. The van der Waals surface area contributed by atoms with Crippen LogP contribution in [0.25, 0.3) is 0 Å². The molecule has 2 heterocycles. The van der Waals surface area contributed by atoms with Crippen molar-refractivity contribution >= 4 is 13.7 Å². The molecule has 7 heteroatoms. The zero-order valence-corrected chi connectivity index (χ0v) is 7.41. The summed E-state index contributed by atoms with van der Waals surface area (Å²) in [5, 5.41) is 0. The Labute approximate surface area is 69.0 Å². The standard InChI is InChI=1S/C5H9O6P/c1-7-12(8-2-3-9-12)10-4-5(6)11-12/h2-4H2,1H3. The second-order valence-electron chi connectivity index (χ2n) is 2.33. The summed E-state index contributed by atoms with van der Waals surface area (Å²) >= 11 is 0. The number of hydrogen-bond acceptors (Lipinski definition) is 6. The normalized spacial score (nSPS) is 34.4. The Morgan fingerprint density at radius 3 is 2.42 bits per heavy atom. The number of hydrogen-bond donors (Lipinski definition) is 0. The van der Waals surface area contributed by atoms with Crippen LogP contribution in [0.2, 0.25) is 0 Å². The molecule has 0 N–H and O–H groups in total. The van der Waals surface area contributed by atoms with Crippen LogP contribution in [0.15, 0.2) is 0 Å². The summed E-state index contributed by atoms with van der Waals surface area (Å²) in [6, 6.07) is 0. The van der Waals surface area contributed by atoms with Gasteiger partial charge in [-0.3, -0.25) is 0 Å². The summed E-state index contributed by atoms with van der Waals surface area (Å²) < 4.78 is 25.1. The van der Waals surface area contributed by atoms with E-state index in [4.69, 9.17) is 22.6 Å². The minimum absolute atomic E-state index is 0.175. The molecular formula is C5H9O6P. The monoisotopic (exact) mass is 196 g/mol. The average Bonchev–Trinajstić information content (AvgIpc) is 2.62.